The third-order valence-corrected chi connectivity index (χ3v) is 10.8. The first-order chi connectivity index (χ1) is 18.9. The van der Waals surface area contributed by atoms with E-state index in [1.165, 1.54) is 12.0 Å². The number of fused-ring (bicyclic) bond motifs is 4. The van der Waals surface area contributed by atoms with Gasteiger partial charge in [-0.2, -0.15) is 5.26 Å². The molecule has 1 N–H and O–H groups in total. The van der Waals surface area contributed by atoms with Gasteiger partial charge < -0.3 is 29.0 Å². The number of amides is 1. The third kappa shape index (κ3) is 2.95. The van der Waals surface area contributed by atoms with Gasteiger partial charge in [0.25, 0.3) is 0 Å². The van der Waals surface area contributed by atoms with E-state index in [2.05, 4.69) is 21.9 Å². The van der Waals surface area contributed by atoms with Gasteiger partial charge in [0.15, 0.2) is 17.1 Å². The second-order valence-corrected chi connectivity index (χ2v) is 12.2. The van der Waals surface area contributed by atoms with Gasteiger partial charge in [-0.05, 0) is 36.9 Å². The molecule has 0 radical (unpaired) electrons. The quantitative estimate of drug-likeness (QED) is 0.457. The Balaban J connectivity index is 0.000000198. The number of nitrogens with zero attached hydrogens (tertiary/aromatic N) is 3. The number of piperidine rings is 2. The van der Waals surface area contributed by atoms with Crippen molar-refractivity contribution in [2.75, 3.05) is 38.8 Å². The molecule has 9 atom stereocenters. The number of nitriles is 1. The van der Waals surface area contributed by atoms with Gasteiger partial charge in [-0.3, -0.25) is 9.69 Å². The van der Waals surface area contributed by atoms with Crippen LogP contribution >= 0.6 is 0 Å². The fourth-order valence-corrected chi connectivity index (χ4v) is 9.30. The standard InChI is InChI=1S/C23H26N2O4.C7H7NO2/c1-27-16-8-14-15(9-17(16)28-2)25-20(26)10-18-21-13-7-19-23(14,22(21)25)4-5-24(19)11-12(13)3-6-29-18;8-4-7(9)3-5-1-2-6(7)10-5/h3,8-9,13,18-19,21-22H,4-7,10-11H2,1-2H3;1-2,5-6,9H,3H2/t13-,18-,19-,21-,22-,23+;5-,6+,7+/m00/s1. The summed E-state index contributed by atoms with van der Waals surface area (Å²) < 4.78 is 22.8. The Hall–Kier alpha value is -2.90. The fourth-order valence-electron chi connectivity index (χ4n) is 9.30. The number of aliphatic hydroxyl groups is 1. The summed E-state index contributed by atoms with van der Waals surface area (Å²) in [6.07, 6.45) is 8.74. The number of hydrogen-bond donors (Lipinski definition) is 1. The van der Waals surface area contributed by atoms with E-state index in [0.29, 0.717) is 43.1 Å². The summed E-state index contributed by atoms with van der Waals surface area (Å²) in [5.41, 5.74) is 2.60. The van der Waals surface area contributed by atoms with Crippen LogP contribution in [0.25, 0.3) is 0 Å². The Morgan fingerprint density at radius 2 is 2.03 bits per heavy atom. The molecule has 4 saturated heterocycles. The minimum Gasteiger partial charge on any atom is -0.493 e. The number of carbonyl (C=O) groups excluding carboxylic acids is 1. The topological polar surface area (TPSA) is 104 Å². The van der Waals surface area contributed by atoms with E-state index in [1.54, 1.807) is 25.9 Å². The number of rotatable bonds is 2. The maximum absolute atomic E-state index is 13.5. The predicted molar refractivity (Wildman–Crippen MR) is 139 cm³/mol. The van der Waals surface area contributed by atoms with E-state index < -0.39 is 5.60 Å². The molecular formula is C30H33N3O6. The maximum atomic E-state index is 13.5. The molecule has 5 fully saturated rings. The highest BCUT2D eigenvalue weighted by molar-refractivity contribution is 5.99. The summed E-state index contributed by atoms with van der Waals surface area (Å²) in [4.78, 5) is 18.3. The number of ether oxygens (including phenoxy) is 4. The van der Waals surface area contributed by atoms with Gasteiger partial charge in [0.1, 0.15) is 12.2 Å². The lowest BCUT2D eigenvalue weighted by atomic mass is 9.53. The average Bonchev–Trinajstić information content (AvgIpc) is 3.69. The highest BCUT2D eigenvalue weighted by atomic mass is 16.5. The van der Waals surface area contributed by atoms with E-state index in [9.17, 15) is 9.90 Å². The van der Waals surface area contributed by atoms with Gasteiger partial charge in [0.2, 0.25) is 5.91 Å². The minimum atomic E-state index is -1.25. The SMILES string of the molecule is COc1cc2c(cc1OC)[C@@]13CCN4CC5=CCO[C@H]6CC(=O)N2[C@H]1[C@H]6[C@H]5C[C@H]43.N#C[C@]1(O)C[C@@H]2C=C[C@H]1O2. The first-order valence-corrected chi connectivity index (χ1v) is 14.0. The minimum absolute atomic E-state index is 0.0242. The fraction of sp³-hybridized carbons (Fsp3) is 0.600. The number of benzene rings is 1. The van der Waals surface area contributed by atoms with Crippen molar-refractivity contribution in [1.29, 1.82) is 5.26 Å². The van der Waals surface area contributed by atoms with E-state index in [1.807, 2.05) is 18.2 Å². The van der Waals surface area contributed by atoms with Crippen molar-refractivity contribution < 1.29 is 28.8 Å². The van der Waals surface area contributed by atoms with Crippen molar-refractivity contribution >= 4 is 11.6 Å². The highest BCUT2D eigenvalue weighted by Crippen LogP contribution is 2.66. The van der Waals surface area contributed by atoms with Gasteiger partial charge in [-0.25, -0.2) is 0 Å². The zero-order valence-corrected chi connectivity index (χ0v) is 22.2. The summed E-state index contributed by atoms with van der Waals surface area (Å²) in [5.74, 6) is 2.57. The molecule has 9 heteroatoms. The molecule has 0 aromatic heterocycles. The van der Waals surface area contributed by atoms with E-state index >= 15 is 0 Å². The van der Waals surface area contributed by atoms with Gasteiger partial charge in [-0.15, -0.1) is 0 Å². The molecule has 7 aliphatic heterocycles. The van der Waals surface area contributed by atoms with E-state index in [0.717, 1.165) is 30.9 Å². The van der Waals surface area contributed by atoms with Crippen LogP contribution in [0.3, 0.4) is 0 Å². The van der Waals surface area contributed by atoms with Crippen LogP contribution in [0.4, 0.5) is 5.69 Å². The lowest BCUT2D eigenvalue weighted by molar-refractivity contribution is -0.132. The zero-order chi connectivity index (χ0) is 26.7. The van der Waals surface area contributed by atoms with Crippen LogP contribution in [-0.2, 0) is 19.7 Å². The van der Waals surface area contributed by atoms with Crippen LogP contribution in [0.1, 0.15) is 31.2 Å². The van der Waals surface area contributed by atoms with Crippen molar-refractivity contribution in [2.24, 2.45) is 11.8 Å². The van der Waals surface area contributed by atoms with Crippen LogP contribution in [0, 0.1) is 23.2 Å². The van der Waals surface area contributed by atoms with E-state index in [-0.39, 0.29) is 35.7 Å². The summed E-state index contributed by atoms with van der Waals surface area (Å²) in [7, 11) is 3.36. The van der Waals surface area contributed by atoms with Crippen LogP contribution < -0.4 is 14.4 Å². The smallest absolute Gasteiger partial charge is 0.229 e. The first-order valence-electron chi connectivity index (χ1n) is 14.0. The van der Waals surface area contributed by atoms with Crippen LogP contribution in [0.2, 0.25) is 0 Å². The molecule has 8 aliphatic rings. The number of carbonyl (C=O) groups is 1. The van der Waals surface area contributed by atoms with Gasteiger partial charge in [0.05, 0.1) is 51.2 Å². The largest absolute Gasteiger partial charge is 0.493 e. The molecular weight excluding hydrogens is 498 g/mol. The summed E-state index contributed by atoms with van der Waals surface area (Å²) in [5, 5.41) is 18.0. The molecule has 1 amide bonds. The van der Waals surface area contributed by atoms with Crippen LogP contribution in [0.15, 0.2) is 35.9 Å². The Kier molecular flexibility index (Phi) is 4.96. The van der Waals surface area contributed by atoms with Crippen molar-refractivity contribution in [1.82, 2.24) is 4.90 Å². The molecule has 204 valence electrons. The molecule has 4 bridgehead atoms. The Morgan fingerprint density at radius 1 is 1.21 bits per heavy atom. The second-order valence-electron chi connectivity index (χ2n) is 12.2. The van der Waals surface area contributed by atoms with Crippen LogP contribution in [-0.4, -0.2) is 85.8 Å². The molecule has 1 spiro atoms. The molecule has 7 heterocycles. The zero-order valence-electron chi connectivity index (χ0n) is 22.2. The Morgan fingerprint density at radius 3 is 2.72 bits per heavy atom. The lowest BCUT2D eigenvalue weighted by Crippen LogP contribution is -2.69. The summed E-state index contributed by atoms with van der Waals surface area (Å²) in [6.45, 7) is 2.80. The first kappa shape index (κ1) is 23.9. The number of methoxy groups -OCH3 is 2. The monoisotopic (exact) mass is 531 g/mol. The average molecular weight is 532 g/mol. The molecule has 1 aromatic rings. The maximum Gasteiger partial charge on any atom is 0.229 e. The normalized spacial score (nSPS) is 43.2. The molecule has 39 heavy (non-hydrogen) atoms. The van der Waals surface area contributed by atoms with Gasteiger partial charge in [-0.1, -0.05) is 23.8 Å². The van der Waals surface area contributed by atoms with Gasteiger partial charge >= 0.3 is 0 Å². The lowest BCUT2D eigenvalue weighted by Gasteiger charge is -2.58. The molecule has 9 nitrogen and oxygen atoms in total. The van der Waals surface area contributed by atoms with Crippen molar-refractivity contribution in [3.05, 3.63) is 41.5 Å². The highest BCUT2D eigenvalue weighted by Gasteiger charge is 2.71. The molecule has 1 saturated carbocycles. The molecule has 0 unspecified atom stereocenters. The third-order valence-electron chi connectivity index (χ3n) is 10.8. The molecule has 1 aliphatic carbocycles. The Bertz CT molecular complexity index is 1370. The van der Waals surface area contributed by atoms with Crippen molar-refractivity contribution in [3.8, 4) is 17.6 Å². The second kappa shape index (κ2) is 8.07. The Labute approximate surface area is 227 Å². The predicted octanol–water partition coefficient (Wildman–Crippen LogP) is 2.08. The number of anilines is 1. The molecule has 9 rings (SSSR count). The summed E-state index contributed by atoms with van der Waals surface area (Å²) >= 11 is 0. The van der Waals surface area contributed by atoms with Crippen molar-refractivity contribution in [2.45, 2.75) is 67.1 Å². The molecule has 1 aromatic carbocycles. The number of hydrogen-bond acceptors (Lipinski definition) is 8. The van der Waals surface area contributed by atoms with E-state index in [4.69, 9.17) is 24.2 Å². The summed E-state index contributed by atoms with van der Waals surface area (Å²) in [6, 6.07) is 6.72. The van der Waals surface area contributed by atoms with Gasteiger partial charge in [0, 0.05) is 36.4 Å². The van der Waals surface area contributed by atoms with Crippen LogP contribution in [0.5, 0.6) is 11.5 Å². The van der Waals surface area contributed by atoms with Crippen molar-refractivity contribution in [3.63, 3.8) is 0 Å².